The van der Waals surface area contributed by atoms with Gasteiger partial charge in [0.1, 0.15) is 23.6 Å². The highest BCUT2D eigenvalue weighted by molar-refractivity contribution is 8.18. The lowest BCUT2D eigenvalue weighted by Crippen LogP contribution is -2.55. The van der Waals surface area contributed by atoms with Gasteiger partial charge in [0.25, 0.3) is 17.1 Å². The number of methoxy groups -OCH3 is 1. The van der Waals surface area contributed by atoms with Gasteiger partial charge < -0.3 is 43.9 Å². The zero-order valence-electron chi connectivity index (χ0n) is 45.4. The number of aromatic nitrogens is 1. The number of amides is 5. The molecule has 4 heterocycles. The summed E-state index contributed by atoms with van der Waals surface area (Å²) < 4.78 is 29.7. The highest BCUT2D eigenvalue weighted by Gasteiger charge is 2.46. The lowest BCUT2D eigenvalue weighted by molar-refractivity contribution is -0.143. The van der Waals surface area contributed by atoms with Crippen LogP contribution < -0.4 is 19.5 Å². The highest BCUT2D eigenvalue weighted by atomic mass is 32.2. The summed E-state index contributed by atoms with van der Waals surface area (Å²) in [6, 6.07) is 22.0. The number of aryl methyl sites for hydroxylation is 2. The lowest BCUT2D eigenvalue weighted by Gasteiger charge is -2.35. The first-order valence-corrected chi connectivity index (χ1v) is 28.5. The van der Waals surface area contributed by atoms with Gasteiger partial charge in [-0.25, -0.2) is 9.83 Å². The molecule has 2 N–H and O–H groups in total. The maximum absolute atomic E-state index is 14.3. The van der Waals surface area contributed by atoms with E-state index in [1.54, 1.807) is 70.3 Å². The van der Waals surface area contributed by atoms with Crippen LogP contribution in [0.25, 0.3) is 21.4 Å². The van der Waals surface area contributed by atoms with Crippen LogP contribution in [-0.2, 0) is 36.9 Å². The molecule has 19 heteroatoms. The number of thioether (sulfide) groups is 1. The lowest BCUT2D eigenvalue weighted by atomic mass is 10.0. The third-order valence-electron chi connectivity index (χ3n) is 14.0. The van der Waals surface area contributed by atoms with E-state index in [2.05, 4.69) is 15.1 Å². The maximum Gasteiger partial charge on any atom is 0.293 e. The number of ether oxygens (including phenoxy) is 5. The SMILES string of the molecule is [C-]#[N+]c1ccc(Oc2ccc(/C=C3\SC(=O)N(CCCCOCCCCOCCCCOc4cc(-c5scnc5C)ccc4CNC(=O)[C@@H]4C[C@@H](O)CN4C(=O)[C@H](C(C)C)N4Cc5ccccc5C4=O)C3=O)cc2OC)c(C)c1. The molecule has 17 nitrogen and oxygen atoms in total. The van der Waals surface area contributed by atoms with Gasteiger partial charge in [-0.1, -0.05) is 56.3 Å². The Kier molecular flexibility index (Phi) is 20.3. The fraction of sp³-hybridized carbons (Fsp3) is 0.417. The van der Waals surface area contributed by atoms with E-state index in [0.717, 1.165) is 70.3 Å². The van der Waals surface area contributed by atoms with Gasteiger partial charge in [-0.15, -0.1) is 11.3 Å². The van der Waals surface area contributed by atoms with Crippen LogP contribution in [0.4, 0.5) is 10.5 Å². The van der Waals surface area contributed by atoms with Gasteiger partial charge >= 0.3 is 0 Å². The monoisotopic (exact) mass is 1110 g/mol. The Balaban J connectivity index is 0.715. The number of hydrogen-bond acceptors (Lipinski definition) is 14. The molecule has 0 radical (unpaired) electrons. The number of nitrogens with zero attached hydrogens (tertiary/aromatic N) is 5. The molecule has 0 aliphatic carbocycles. The Hall–Kier alpha value is -7.08. The van der Waals surface area contributed by atoms with Crippen LogP contribution >= 0.6 is 23.1 Å². The van der Waals surface area contributed by atoms with Crippen molar-refractivity contribution in [1.82, 2.24) is 25.0 Å². The van der Waals surface area contributed by atoms with Crippen LogP contribution in [0, 0.1) is 26.3 Å². The normalized spacial score (nSPS) is 17.0. The second-order valence-corrected chi connectivity index (χ2v) is 21.9. The third kappa shape index (κ3) is 14.6. The Bertz CT molecular complexity index is 3080. The van der Waals surface area contributed by atoms with Crippen LogP contribution in [0.1, 0.15) is 97.1 Å². The van der Waals surface area contributed by atoms with E-state index >= 15 is 0 Å². The van der Waals surface area contributed by atoms with E-state index in [4.69, 9.17) is 30.3 Å². The largest absolute Gasteiger partial charge is 0.493 e. The number of aliphatic hydroxyl groups excluding tert-OH is 1. The molecule has 3 atom stereocenters. The number of likely N-dealkylation sites (tertiary alicyclic amines) is 1. The van der Waals surface area contributed by atoms with E-state index in [1.165, 1.54) is 16.9 Å². The number of unbranched alkanes of at least 4 members (excludes halogenated alkanes) is 3. The van der Waals surface area contributed by atoms with Crippen LogP contribution in [0.2, 0.25) is 0 Å². The molecule has 0 bridgehead atoms. The number of thiazole rings is 1. The molecule has 416 valence electrons. The van der Waals surface area contributed by atoms with Gasteiger partial charge in [0.15, 0.2) is 17.2 Å². The van der Waals surface area contributed by atoms with Crippen molar-refractivity contribution >= 4 is 63.7 Å². The first kappa shape index (κ1) is 58.1. The molecule has 5 amide bonds. The predicted molar refractivity (Wildman–Crippen MR) is 303 cm³/mol. The molecule has 0 unspecified atom stereocenters. The molecule has 5 aromatic rings. The molecule has 0 spiro atoms. The van der Waals surface area contributed by atoms with Gasteiger partial charge in [0.2, 0.25) is 11.8 Å². The molecule has 8 rings (SSSR count). The topological polar surface area (TPSA) is 191 Å². The average Bonchev–Trinajstić information content (AvgIpc) is 4.23. The molecule has 3 aliphatic rings. The Morgan fingerprint density at radius 3 is 2.27 bits per heavy atom. The molecule has 3 aliphatic heterocycles. The number of carbonyl (C=O) groups excluding carboxylic acids is 5. The van der Waals surface area contributed by atoms with E-state index in [1.807, 2.05) is 64.1 Å². The molecule has 0 saturated carbocycles. The number of β-amino-alcohol motifs (C(OH)–C–C–N with tert-alkyl or cyclic N) is 1. The van der Waals surface area contributed by atoms with Crippen LogP contribution in [0.5, 0.6) is 23.0 Å². The van der Waals surface area contributed by atoms with Crippen molar-refractivity contribution in [2.45, 2.75) is 104 Å². The summed E-state index contributed by atoms with van der Waals surface area (Å²) >= 11 is 2.46. The summed E-state index contributed by atoms with van der Waals surface area (Å²) in [5, 5.41) is 13.5. The van der Waals surface area contributed by atoms with Crippen molar-refractivity contribution in [3.05, 3.63) is 134 Å². The van der Waals surface area contributed by atoms with Crippen molar-refractivity contribution in [2.24, 2.45) is 5.92 Å². The van der Waals surface area contributed by atoms with Crippen LogP contribution in [0.15, 0.2) is 89.3 Å². The summed E-state index contributed by atoms with van der Waals surface area (Å²) in [5.41, 5.74) is 7.89. The minimum absolute atomic E-state index is 0.000709. The summed E-state index contributed by atoms with van der Waals surface area (Å²) in [4.78, 5) is 81.2. The predicted octanol–water partition coefficient (Wildman–Crippen LogP) is 10.5. The summed E-state index contributed by atoms with van der Waals surface area (Å²) in [6.07, 6.45) is 5.42. The molecular formula is C60H68N6O11S2. The first-order chi connectivity index (χ1) is 38.2. The van der Waals surface area contributed by atoms with Gasteiger partial charge in [-0.05, 0) is 135 Å². The molecule has 4 aromatic carbocycles. The van der Waals surface area contributed by atoms with Gasteiger partial charge in [-0.2, -0.15) is 0 Å². The molecule has 2 fully saturated rings. The minimum atomic E-state index is -0.906. The van der Waals surface area contributed by atoms with Gasteiger partial charge in [0.05, 0.1) is 47.4 Å². The van der Waals surface area contributed by atoms with Crippen LogP contribution in [-0.4, -0.2) is 125 Å². The van der Waals surface area contributed by atoms with Crippen molar-refractivity contribution in [1.29, 1.82) is 0 Å². The highest BCUT2D eigenvalue weighted by Crippen LogP contribution is 2.38. The fourth-order valence-corrected chi connectivity index (χ4v) is 11.5. The fourth-order valence-electron chi connectivity index (χ4n) is 9.82. The second-order valence-electron chi connectivity index (χ2n) is 20.1. The standard InChI is InChI=1S/C60H68N6O11S2/c1-38(2)54(66-35-44-15-7-8-16-47(44)57(66)69)59(71)65-36-46(67)33-48(65)56(68)62-34-43-19-18-42(55-40(4)63-37-78-55)32-51(43)76-28-14-13-27-75-26-12-11-25-74-24-10-9-23-64-58(70)53(79-60(64)72)31-41-17-21-50(52(30-41)73-6)77-49-22-20-45(61-5)29-39(49)3/h7-8,15-22,29-32,37-38,46,48,54,67H,9-14,23-28,33-36H2,1-4,6H3,(H,62,68)/b53-31-/t46-,48+,54+/m1/s1. The smallest absolute Gasteiger partial charge is 0.293 e. The number of imide groups is 1. The number of nitrogens with one attached hydrogen (secondary N) is 1. The Labute approximate surface area is 470 Å². The summed E-state index contributed by atoms with van der Waals surface area (Å²) in [7, 11) is 1.53. The molecular weight excluding hydrogens is 1040 g/mol. The molecule has 2 saturated heterocycles. The Morgan fingerprint density at radius 2 is 1.58 bits per heavy atom. The number of rotatable bonds is 27. The van der Waals surface area contributed by atoms with Crippen molar-refractivity contribution in [3.63, 3.8) is 0 Å². The van der Waals surface area contributed by atoms with Crippen molar-refractivity contribution in [3.8, 4) is 33.4 Å². The summed E-state index contributed by atoms with van der Waals surface area (Å²) in [6.45, 7) is 18.3. The van der Waals surface area contributed by atoms with E-state index < -0.39 is 18.2 Å². The van der Waals surface area contributed by atoms with Crippen molar-refractivity contribution in [2.75, 3.05) is 53.2 Å². The Morgan fingerprint density at radius 1 is 0.861 bits per heavy atom. The molecule has 79 heavy (non-hydrogen) atoms. The maximum atomic E-state index is 14.3. The zero-order chi connectivity index (χ0) is 56.0. The van der Waals surface area contributed by atoms with E-state index in [9.17, 15) is 29.1 Å². The summed E-state index contributed by atoms with van der Waals surface area (Å²) in [5.74, 6) is 0.657. The average molecular weight is 1110 g/mol. The number of carbonyl (C=O) groups is 5. The minimum Gasteiger partial charge on any atom is -0.493 e. The number of aliphatic hydroxyl groups is 1. The van der Waals surface area contributed by atoms with Crippen LogP contribution in [0.3, 0.4) is 0 Å². The number of benzene rings is 4. The second kappa shape index (κ2) is 27.7. The van der Waals surface area contributed by atoms with Gasteiger partial charge in [-0.3, -0.25) is 28.9 Å². The third-order valence-corrected chi connectivity index (χ3v) is 15.9. The number of hydrogen-bond donors (Lipinski definition) is 2. The van der Waals surface area contributed by atoms with E-state index in [-0.39, 0.29) is 54.3 Å². The van der Waals surface area contributed by atoms with Crippen molar-refractivity contribution < 1.29 is 52.8 Å². The zero-order valence-corrected chi connectivity index (χ0v) is 47.0. The first-order valence-electron chi connectivity index (χ1n) is 26.8. The number of fused-ring (bicyclic) bond motifs is 1. The van der Waals surface area contributed by atoms with E-state index in [0.29, 0.717) is 104 Å². The van der Waals surface area contributed by atoms with Gasteiger partial charge in [0, 0.05) is 70.2 Å². The quantitative estimate of drug-likeness (QED) is 0.0287. The molecule has 1 aromatic heterocycles.